The second-order valence-corrected chi connectivity index (χ2v) is 7.17. The normalized spacial score (nSPS) is 17.2. The highest BCUT2D eigenvalue weighted by Crippen LogP contribution is 2.22. The van der Waals surface area contributed by atoms with Crippen molar-refractivity contribution in [2.75, 3.05) is 27.2 Å². The smallest absolute Gasteiger partial charge is 0.316 e. The van der Waals surface area contributed by atoms with Gasteiger partial charge in [0.15, 0.2) is 0 Å². The molecular formula is C19H27N5O. The molecular weight excluding hydrogens is 314 g/mol. The van der Waals surface area contributed by atoms with Crippen LogP contribution in [-0.2, 0) is 13.1 Å². The predicted molar refractivity (Wildman–Crippen MR) is 98.4 cm³/mol. The summed E-state index contributed by atoms with van der Waals surface area (Å²) in [6, 6.07) is 8.85. The number of urea groups is 1. The van der Waals surface area contributed by atoms with E-state index in [1.807, 2.05) is 10.9 Å². The molecule has 2 heterocycles. The Kier molecular flexibility index (Phi) is 5.08. The van der Waals surface area contributed by atoms with E-state index in [2.05, 4.69) is 53.4 Å². The number of benzene rings is 1. The van der Waals surface area contributed by atoms with E-state index >= 15 is 0 Å². The lowest BCUT2D eigenvalue weighted by molar-refractivity contribution is 0.162. The van der Waals surface area contributed by atoms with Gasteiger partial charge in [0.2, 0.25) is 0 Å². The molecule has 134 valence electrons. The molecule has 0 spiro atoms. The van der Waals surface area contributed by atoms with Gasteiger partial charge in [-0.3, -0.25) is 9.58 Å². The highest BCUT2D eigenvalue weighted by atomic mass is 16.2. The Hall–Kier alpha value is -2.34. The number of nitrogens with one attached hydrogen (secondary N) is 1. The molecule has 1 aliphatic rings. The Labute approximate surface area is 149 Å². The van der Waals surface area contributed by atoms with Gasteiger partial charge in [-0.1, -0.05) is 29.3 Å². The highest BCUT2D eigenvalue weighted by Gasteiger charge is 2.26. The first-order valence-corrected chi connectivity index (χ1v) is 8.69. The summed E-state index contributed by atoms with van der Waals surface area (Å²) in [6.07, 6.45) is 1.84. The van der Waals surface area contributed by atoms with Gasteiger partial charge in [0.25, 0.3) is 0 Å². The first-order valence-electron chi connectivity index (χ1n) is 8.69. The van der Waals surface area contributed by atoms with Crippen LogP contribution in [0.5, 0.6) is 0 Å². The minimum atomic E-state index is -0.0693. The molecule has 1 aliphatic heterocycles. The zero-order valence-electron chi connectivity index (χ0n) is 15.5. The molecule has 0 unspecified atom stereocenters. The van der Waals surface area contributed by atoms with Gasteiger partial charge in [-0.15, -0.1) is 0 Å². The topological polar surface area (TPSA) is 53.4 Å². The van der Waals surface area contributed by atoms with E-state index in [1.165, 1.54) is 22.4 Å². The minimum absolute atomic E-state index is 0.0693. The van der Waals surface area contributed by atoms with E-state index in [4.69, 9.17) is 0 Å². The van der Waals surface area contributed by atoms with Crippen LogP contribution in [-0.4, -0.2) is 52.8 Å². The zero-order valence-corrected chi connectivity index (χ0v) is 15.5. The number of nitrogens with zero attached hydrogens (tertiary/aromatic N) is 4. The van der Waals surface area contributed by atoms with Crippen LogP contribution >= 0.6 is 0 Å². The molecule has 6 nitrogen and oxygen atoms in total. The highest BCUT2D eigenvalue weighted by molar-refractivity contribution is 5.73. The second kappa shape index (κ2) is 7.27. The maximum Gasteiger partial charge on any atom is 0.316 e. The zero-order chi connectivity index (χ0) is 18.0. The van der Waals surface area contributed by atoms with Gasteiger partial charge in [-0.25, -0.2) is 4.79 Å². The number of amides is 2. The van der Waals surface area contributed by atoms with E-state index < -0.39 is 0 Å². The third-order valence-corrected chi connectivity index (χ3v) is 4.54. The summed E-state index contributed by atoms with van der Waals surface area (Å²) in [5, 5.41) is 7.44. The predicted octanol–water partition coefficient (Wildman–Crippen LogP) is 2.33. The van der Waals surface area contributed by atoms with E-state index in [0.29, 0.717) is 6.54 Å². The Morgan fingerprint density at radius 3 is 2.68 bits per heavy atom. The summed E-state index contributed by atoms with van der Waals surface area (Å²) in [5.74, 6) is 0. The Bertz CT molecular complexity index is 732. The number of aryl methyl sites for hydroxylation is 2. The first kappa shape index (κ1) is 17.5. The minimum Gasteiger partial charge on any atom is -0.336 e. The molecule has 0 aliphatic carbocycles. The van der Waals surface area contributed by atoms with Gasteiger partial charge < -0.3 is 10.2 Å². The van der Waals surface area contributed by atoms with Crippen molar-refractivity contribution < 1.29 is 4.79 Å². The third kappa shape index (κ3) is 4.20. The molecule has 2 amide bonds. The van der Waals surface area contributed by atoms with Crippen LogP contribution in [0.25, 0.3) is 0 Å². The fourth-order valence-corrected chi connectivity index (χ4v) is 3.52. The van der Waals surface area contributed by atoms with E-state index in [1.54, 1.807) is 19.0 Å². The third-order valence-electron chi connectivity index (χ3n) is 4.54. The van der Waals surface area contributed by atoms with Gasteiger partial charge in [0.1, 0.15) is 0 Å². The van der Waals surface area contributed by atoms with Crippen molar-refractivity contribution in [3.8, 4) is 0 Å². The maximum absolute atomic E-state index is 11.9. The summed E-state index contributed by atoms with van der Waals surface area (Å²) in [5.41, 5.74) is 5.12. The quantitative estimate of drug-likeness (QED) is 0.929. The van der Waals surface area contributed by atoms with Crippen LogP contribution in [0.1, 0.15) is 28.4 Å². The van der Waals surface area contributed by atoms with Gasteiger partial charge in [-0.05, 0) is 25.5 Å². The van der Waals surface area contributed by atoms with Crippen LogP contribution in [0.3, 0.4) is 0 Å². The molecule has 1 aromatic carbocycles. The average molecular weight is 341 g/mol. The molecule has 25 heavy (non-hydrogen) atoms. The summed E-state index contributed by atoms with van der Waals surface area (Å²) >= 11 is 0. The van der Waals surface area contributed by atoms with Crippen molar-refractivity contribution in [1.82, 2.24) is 24.9 Å². The summed E-state index contributed by atoms with van der Waals surface area (Å²) in [6.45, 7) is 7.52. The molecule has 0 saturated heterocycles. The molecule has 0 saturated carbocycles. The molecule has 0 radical (unpaired) electrons. The molecule has 6 heteroatoms. The standard InChI is InChI=1S/C19H27N5O/c1-14-7-15(2)9-16(8-14)11-23-12-17-5-6-21-24(17)18(13-23)10-20-19(25)22(3)4/h5-9,18H,10-13H2,1-4H3,(H,20,25)/t18-/m0/s1. The SMILES string of the molecule is Cc1cc(C)cc(CN2Cc3ccnn3[C@@H](CNC(=O)N(C)C)C2)c1. The van der Waals surface area contributed by atoms with Gasteiger partial charge in [0, 0.05) is 46.5 Å². The molecule has 0 bridgehead atoms. The number of fused-ring (bicyclic) bond motifs is 1. The molecule has 1 aromatic heterocycles. The Balaban J connectivity index is 1.72. The van der Waals surface area contributed by atoms with Crippen molar-refractivity contribution in [2.24, 2.45) is 0 Å². The van der Waals surface area contributed by atoms with Gasteiger partial charge in [0.05, 0.1) is 11.7 Å². The number of rotatable bonds is 4. The maximum atomic E-state index is 11.9. The molecule has 2 aromatic rings. The Morgan fingerprint density at radius 1 is 1.28 bits per heavy atom. The van der Waals surface area contributed by atoms with Crippen molar-refractivity contribution in [1.29, 1.82) is 0 Å². The van der Waals surface area contributed by atoms with Crippen molar-refractivity contribution >= 4 is 6.03 Å². The van der Waals surface area contributed by atoms with Crippen molar-refractivity contribution in [3.63, 3.8) is 0 Å². The lowest BCUT2D eigenvalue weighted by Crippen LogP contribution is -2.44. The van der Waals surface area contributed by atoms with Crippen LogP contribution in [0.15, 0.2) is 30.5 Å². The lowest BCUT2D eigenvalue weighted by atomic mass is 10.1. The van der Waals surface area contributed by atoms with Crippen LogP contribution in [0.4, 0.5) is 4.79 Å². The van der Waals surface area contributed by atoms with Gasteiger partial charge in [-0.2, -0.15) is 5.10 Å². The molecule has 3 rings (SSSR count). The lowest BCUT2D eigenvalue weighted by Gasteiger charge is -2.34. The number of carbonyl (C=O) groups is 1. The molecule has 1 atom stereocenters. The monoisotopic (exact) mass is 341 g/mol. The second-order valence-electron chi connectivity index (χ2n) is 7.17. The first-order chi connectivity index (χ1) is 11.9. The van der Waals surface area contributed by atoms with Crippen LogP contribution in [0.2, 0.25) is 0 Å². The van der Waals surface area contributed by atoms with Crippen molar-refractivity contribution in [2.45, 2.75) is 33.0 Å². The fourth-order valence-electron chi connectivity index (χ4n) is 3.52. The van der Waals surface area contributed by atoms with E-state index in [0.717, 1.165) is 19.6 Å². The number of carbonyl (C=O) groups excluding carboxylic acids is 1. The average Bonchev–Trinajstić information content (AvgIpc) is 2.99. The summed E-state index contributed by atoms with van der Waals surface area (Å²) in [7, 11) is 3.50. The van der Waals surface area contributed by atoms with E-state index in [9.17, 15) is 4.79 Å². The number of hydrogen-bond acceptors (Lipinski definition) is 3. The van der Waals surface area contributed by atoms with E-state index in [-0.39, 0.29) is 12.1 Å². The van der Waals surface area contributed by atoms with Gasteiger partial charge >= 0.3 is 6.03 Å². The van der Waals surface area contributed by atoms with Crippen molar-refractivity contribution in [3.05, 3.63) is 52.8 Å². The largest absolute Gasteiger partial charge is 0.336 e. The number of hydrogen-bond donors (Lipinski definition) is 1. The van der Waals surface area contributed by atoms with Crippen LogP contribution < -0.4 is 5.32 Å². The summed E-state index contributed by atoms with van der Waals surface area (Å²) < 4.78 is 2.05. The fraction of sp³-hybridized carbons (Fsp3) is 0.474. The number of aromatic nitrogens is 2. The molecule has 1 N–H and O–H groups in total. The van der Waals surface area contributed by atoms with Crippen LogP contribution in [0, 0.1) is 13.8 Å². The molecule has 0 fully saturated rings. The Morgan fingerprint density at radius 2 is 2.00 bits per heavy atom. The summed E-state index contributed by atoms with van der Waals surface area (Å²) in [4.78, 5) is 15.8.